The number of aromatic nitrogens is 1. The highest BCUT2D eigenvalue weighted by atomic mass is 35.5. The van der Waals surface area contributed by atoms with E-state index in [4.69, 9.17) is 16.3 Å². The molecule has 2 bridgehead atoms. The average Bonchev–Trinajstić information content (AvgIpc) is 3.17. The van der Waals surface area contributed by atoms with Crippen molar-refractivity contribution < 1.29 is 9.53 Å². The maximum absolute atomic E-state index is 13.4. The van der Waals surface area contributed by atoms with Crippen LogP contribution >= 0.6 is 11.6 Å². The molecule has 2 aromatic rings. The van der Waals surface area contributed by atoms with Crippen LogP contribution in [-0.2, 0) is 0 Å². The lowest BCUT2D eigenvalue weighted by Crippen LogP contribution is -2.60. The molecule has 5 nitrogen and oxygen atoms in total. The van der Waals surface area contributed by atoms with Crippen LogP contribution in [0.4, 0.5) is 0 Å². The Morgan fingerprint density at radius 1 is 1.14 bits per heavy atom. The van der Waals surface area contributed by atoms with Gasteiger partial charge in [0.25, 0.3) is 5.91 Å². The fraction of sp³-hybridized carbons (Fsp3) is 0.455. The molecule has 5 heterocycles. The third kappa shape index (κ3) is 2.88. The molecule has 0 saturated carbocycles. The van der Waals surface area contributed by atoms with E-state index in [9.17, 15) is 4.79 Å². The Bertz CT molecular complexity index is 880. The summed E-state index contributed by atoms with van der Waals surface area (Å²) in [6.45, 7) is 3.01. The molecule has 4 fully saturated rings. The number of hydrogen-bond acceptors (Lipinski definition) is 4. The van der Waals surface area contributed by atoms with Crippen LogP contribution in [0.25, 0.3) is 0 Å². The molecule has 6 rings (SSSR count). The Kier molecular flexibility index (Phi) is 4.52. The molecule has 0 radical (unpaired) electrons. The van der Waals surface area contributed by atoms with Crippen LogP contribution < -0.4 is 4.74 Å². The predicted octanol–water partition coefficient (Wildman–Crippen LogP) is 3.45. The summed E-state index contributed by atoms with van der Waals surface area (Å²) in [7, 11) is 1.69. The first-order valence-electron chi connectivity index (χ1n) is 9.95. The van der Waals surface area contributed by atoms with E-state index in [0.717, 1.165) is 25.4 Å². The average molecular weight is 398 g/mol. The van der Waals surface area contributed by atoms with Gasteiger partial charge in [0.2, 0.25) is 0 Å². The number of halogens is 1. The van der Waals surface area contributed by atoms with Crippen molar-refractivity contribution in [2.45, 2.75) is 30.8 Å². The van der Waals surface area contributed by atoms with Crippen LogP contribution in [0.5, 0.6) is 5.75 Å². The number of likely N-dealkylation sites (tertiary alicyclic amines) is 1. The van der Waals surface area contributed by atoms with Gasteiger partial charge >= 0.3 is 0 Å². The zero-order valence-corrected chi connectivity index (χ0v) is 16.7. The van der Waals surface area contributed by atoms with Crippen molar-refractivity contribution >= 4 is 17.5 Å². The monoisotopic (exact) mass is 397 g/mol. The van der Waals surface area contributed by atoms with Gasteiger partial charge in [0.05, 0.1) is 23.7 Å². The summed E-state index contributed by atoms with van der Waals surface area (Å²) in [5.41, 5.74) is 1.86. The molecule has 4 saturated heterocycles. The summed E-state index contributed by atoms with van der Waals surface area (Å²) >= 11 is 6.10. The standard InChI is InChI=1S/C22H24ClN3O2/c1-28-18-4-2-14(3-5-18)19-13-26(22(27)16-10-17(23)12-24-11-16)20-15-6-8-25(9-7-15)21(19)20/h2-5,10-12,15,19-21H,6-9,13H2,1H3/t19-,20+,21+/m0/s1. The number of fused-ring (bicyclic) bond motifs is 2. The lowest BCUT2D eigenvalue weighted by atomic mass is 9.75. The molecule has 0 unspecified atom stereocenters. The molecule has 1 amide bonds. The molecule has 1 aromatic carbocycles. The quantitative estimate of drug-likeness (QED) is 0.795. The maximum atomic E-state index is 13.4. The van der Waals surface area contributed by atoms with Crippen molar-refractivity contribution in [3.8, 4) is 5.75 Å². The molecule has 28 heavy (non-hydrogen) atoms. The van der Waals surface area contributed by atoms with Gasteiger partial charge in [-0.05, 0) is 55.6 Å². The minimum absolute atomic E-state index is 0.0507. The second-order valence-electron chi connectivity index (χ2n) is 8.08. The number of pyridine rings is 1. The van der Waals surface area contributed by atoms with Gasteiger partial charge in [-0.2, -0.15) is 0 Å². The second-order valence-corrected chi connectivity index (χ2v) is 8.52. The lowest BCUT2D eigenvalue weighted by molar-refractivity contribution is -0.00342. The first-order chi connectivity index (χ1) is 13.7. The number of piperidine rings is 3. The summed E-state index contributed by atoms with van der Waals surface area (Å²) in [5.74, 6) is 1.81. The van der Waals surface area contributed by atoms with Gasteiger partial charge in [-0.3, -0.25) is 14.7 Å². The third-order valence-electron chi connectivity index (χ3n) is 6.75. The van der Waals surface area contributed by atoms with Gasteiger partial charge in [-0.1, -0.05) is 23.7 Å². The van der Waals surface area contributed by atoms with Gasteiger partial charge in [0, 0.05) is 30.9 Å². The number of amides is 1. The summed E-state index contributed by atoms with van der Waals surface area (Å²) in [4.78, 5) is 22.2. The summed E-state index contributed by atoms with van der Waals surface area (Å²) in [6.07, 6.45) is 5.55. The van der Waals surface area contributed by atoms with E-state index in [1.54, 1.807) is 25.6 Å². The molecule has 0 aliphatic carbocycles. The van der Waals surface area contributed by atoms with E-state index >= 15 is 0 Å². The van der Waals surface area contributed by atoms with Crippen LogP contribution in [0.3, 0.4) is 0 Å². The van der Waals surface area contributed by atoms with Crippen molar-refractivity contribution in [3.05, 3.63) is 58.9 Å². The fourth-order valence-corrected chi connectivity index (χ4v) is 5.67. The van der Waals surface area contributed by atoms with E-state index in [1.807, 2.05) is 12.1 Å². The van der Waals surface area contributed by atoms with E-state index in [-0.39, 0.29) is 11.9 Å². The number of carbonyl (C=O) groups excluding carboxylic acids is 1. The lowest BCUT2D eigenvalue weighted by Gasteiger charge is -2.51. The number of nitrogens with zero attached hydrogens (tertiary/aromatic N) is 3. The van der Waals surface area contributed by atoms with Crippen LogP contribution in [0, 0.1) is 5.92 Å². The van der Waals surface area contributed by atoms with Crippen molar-refractivity contribution in [2.24, 2.45) is 5.92 Å². The Morgan fingerprint density at radius 3 is 2.57 bits per heavy atom. The number of ether oxygens (including phenoxy) is 1. The molecular formula is C22H24ClN3O2. The summed E-state index contributed by atoms with van der Waals surface area (Å²) < 4.78 is 5.32. The van der Waals surface area contributed by atoms with Crippen LogP contribution in [0.15, 0.2) is 42.7 Å². The molecule has 4 aliphatic heterocycles. The molecule has 0 spiro atoms. The number of benzene rings is 1. The second kappa shape index (κ2) is 7.05. The Labute approximate surface area is 170 Å². The Morgan fingerprint density at radius 2 is 1.89 bits per heavy atom. The zero-order valence-electron chi connectivity index (χ0n) is 15.9. The Balaban J connectivity index is 1.50. The van der Waals surface area contributed by atoms with E-state index in [2.05, 4.69) is 26.9 Å². The first kappa shape index (κ1) is 18.0. The highest BCUT2D eigenvalue weighted by Crippen LogP contribution is 2.47. The maximum Gasteiger partial charge on any atom is 0.255 e. The van der Waals surface area contributed by atoms with Crippen LogP contribution in [0.2, 0.25) is 5.02 Å². The van der Waals surface area contributed by atoms with E-state index in [1.165, 1.54) is 18.4 Å². The van der Waals surface area contributed by atoms with Gasteiger partial charge in [-0.25, -0.2) is 0 Å². The molecule has 6 heteroatoms. The molecule has 4 aliphatic rings. The number of methoxy groups -OCH3 is 1. The molecule has 146 valence electrons. The van der Waals surface area contributed by atoms with Crippen LogP contribution in [0.1, 0.15) is 34.7 Å². The largest absolute Gasteiger partial charge is 0.497 e. The van der Waals surface area contributed by atoms with Crippen molar-refractivity contribution in [1.29, 1.82) is 0 Å². The van der Waals surface area contributed by atoms with Crippen molar-refractivity contribution in [3.63, 3.8) is 0 Å². The predicted molar refractivity (Wildman–Crippen MR) is 108 cm³/mol. The van der Waals surface area contributed by atoms with E-state index in [0.29, 0.717) is 28.5 Å². The van der Waals surface area contributed by atoms with Crippen molar-refractivity contribution in [2.75, 3.05) is 26.7 Å². The van der Waals surface area contributed by atoms with Crippen molar-refractivity contribution in [1.82, 2.24) is 14.8 Å². The molecular weight excluding hydrogens is 374 g/mol. The smallest absolute Gasteiger partial charge is 0.255 e. The SMILES string of the molecule is COc1ccc([C@@H]2CN(C(=O)c3cncc(Cl)c3)[C@@H]3C4CCN(CC4)[C@@H]32)cc1. The van der Waals surface area contributed by atoms with Crippen LogP contribution in [-0.4, -0.2) is 59.5 Å². The number of rotatable bonds is 3. The minimum Gasteiger partial charge on any atom is -0.497 e. The normalized spacial score (nSPS) is 30.9. The summed E-state index contributed by atoms with van der Waals surface area (Å²) in [5, 5.41) is 0.502. The molecule has 0 N–H and O–H groups in total. The summed E-state index contributed by atoms with van der Waals surface area (Å²) in [6, 6.07) is 10.7. The number of hydrogen-bond donors (Lipinski definition) is 0. The first-order valence-corrected chi connectivity index (χ1v) is 10.3. The van der Waals surface area contributed by atoms with Gasteiger partial charge in [-0.15, -0.1) is 0 Å². The fourth-order valence-electron chi connectivity index (χ4n) is 5.49. The highest BCUT2D eigenvalue weighted by molar-refractivity contribution is 6.30. The topological polar surface area (TPSA) is 45.7 Å². The molecule has 3 atom stereocenters. The third-order valence-corrected chi connectivity index (χ3v) is 6.96. The minimum atomic E-state index is 0.0507. The Hall–Kier alpha value is -2.11. The number of carbonyl (C=O) groups is 1. The zero-order chi connectivity index (χ0) is 19.3. The highest BCUT2D eigenvalue weighted by Gasteiger charge is 2.54. The molecule has 1 aromatic heterocycles. The van der Waals surface area contributed by atoms with Gasteiger partial charge in [0.15, 0.2) is 0 Å². The van der Waals surface area contributed by atoms with E-state index < -0.39 is 0 Å². The van der Waals surface area contributed by atoms with Gasteiger partial charge in [0.1, 0.15) is 5.75 Å². The van der Waals surface area contributed by atoms with Gasteiger partial charge < -0.3 is 9.64 Å².